The van der Waals surface area contributed by atoms with Crippen molar-refractivity contribution in [1.82, 2.24) is 10.2 Å². The summed E-state index contributed by atoms with van der Waals surface area (Å²) in [6.07, 6.45) is 1.20. The van der Waals surface area contributed by atoms with Gasteiger partial charge in [-0.15, -0.1) is 10.2 Å². The van der Waals surface area contributed by atoms with Crippen molar-refractivity contribution in [3.8, 4) is 11.5 Å². The Morgan fingerprint density at radius 3 is 2.84 bits per heavy atom. The minimum atomic E-state index is 0.519. The van der Waals surface area contributed by atoms with Crippen molar-refractivity contribution in [2.45, 2.75) is 31.6 Å². The molecular formula is C14H17N3OS. The minimum absolute atomic E-state index is 0.519. The minimum Gasteiger partial charge on any atom is -0.421 e. The summed E-state index contributed by atoms with van der Waals surface area (Å²) in [5, 5.41) is 12.3. The summed E-state index contributed by atoms with van der Waals surface area (Å²) in [6.45, 7) is 4.08. The lowest BCUT2D eigenvalue weighted by atomic mass is 10.1. The fourth-order valence-corrected chi connectivity index (χ4v) is 3.49. The van der Waals surface area contributed by atoms with E-state index in [9.17, 15) is 0 Å². The summed E-state index contributed by atoms with van der Waals surface area (Å²) in [7, 11) is 0. The maximum atomic E-state index is 5.53. The van der Waals surface area contributed by atoms with Crippen molar-refractivity contribution in [3.63, 3.8) is 0 Å². The molecule has 1 aliphatic heterocycles. The number of benzene rings is 1. The maximum absolute atomic E-state index is 5.53. The van der Waals surface area contributed by atoms with Crippen LogP contribution in [-0.4, -0.2) is 27.2 Å². The zero-order valence-corrected chi connectivity index (χ0v) is 11.9. The molecule has 0 aliphatic carbocycles. The number of aryl methyl sites for hydroxylation is 1. The van der Waals surface area contributed by atoms with Crippen LogP contribution in [-0.2, 0) is 0 Å². The van der Waals surface area contributed by atoms with Gasteiger partial charge in [0, 0.05) is 29.7 Å². The molecule has 1 aromatic carbocycles. The first-order chi connectivity index (χ1) is 9.22. The van der Waals surface area contributed by atoms with Crippen LogP contribution in [0.2, 0.25) is 0 Å². The van der Waals surface area contributed by atoms with E-state index in [-0.39, 0.29) is 0 Å². The number of nitrogens with zero attached hydrogens (tertiary/aromatic N) is 2. The van der Waals surface area contributed by atoms with Crippen molar-refractivity contribution in [1.29, 1.82) is 0 Å². The van der Waals surface area contributed by atoms with Gasteiger partial charge >= 0.3 is 0 Å². The number of rotatable bonds is 3. The Morgan fingerprint density at radius 1 is 1.32 bits per heavy atom. The third-order valence-electron chi connectivity index (χ3n) is 3.24. The van der Waals surface area contributed by atoms with Crippen LogP contribution in [0.4, 0.5) is 5.69 Å². The second-order valence-electron chi connectivity index (χ2n) is 4.89. The fraction of sp³-hybridized carbons (Fsp3) is 0.429. The molecule has 0 amide bonds. The fourth-order valence-electron chi connectivity index (χ4n) is 2.34. The molecule has 5 heteroatoms. The Labute approximate surface area is 117 Å². The topological polar surface area (TPSA) is 51.0 Å². The summed E-state index contributed by atoms with van der Waals surface area (Å²) in [6, 6.07) is 8.63. The molecule has 1 aromatic heterocycles. The Morgan fingerprint density at radius 2 is 2.16 bits per heavy atom. The molecular weight excluding hydrogens is 258 g/mol. The summed E-state index contributed by atoms with van der Waals surface area (Å²) in [5.74, 6) is 2.33. The average Bonchev–Trinajstić information content (AvgIpc) is 2.99. The SMILES string of the molecule is Cc1nnc(-c2ccccc2NC2CSC(C)C2)o1. The highest BCUT2D eigenvalue weighted by Gasteiger charge is 2.23. The molecule has 0 saturated carbocycles. The van der Waals surface area contributed by atoms with Crippen LogP contribution < -0.4 is 5.32 Å². The zero-order chi connectivity index (χ0) is 13.2. The van der Waals surface area contributed by atoms with E-state index in [0.29, 0.717) is 17.8 Å². The van der Waals surface area contributed by atoms with Crippen molar-refractivity contribution in [2.24, 2.45) is 0 Å². The predicted molar refractivity (Wildman–Crippen MR) is 78.4 cm³/mol. The molecule has 1 fully saturated rings. The summed E-state index contributed by atoms with van der Waals surface area (Å²) in [5.41, 5.74) is 2.05. The number of aromatic nitrogens is 2. The van der Waals surface area contributed by atoms with E-state index in [1.165, 1.54) is 6.42 Å². The second kappa shape index (κ2) is 5.25. The van der Waals surface area contributed by atoms with Gasteiger partial charge in [0.15, 0.2) is 0 Å². The first kappa shape index (κ1) is 12.5. The van der Waals surface area contributed by atoms with Gasteiger partial charge in [0.05, 0.1) is 5.56 Å². The highest BCUT2D eigenvalue weighted by Crippen LogP contribution is 2.32. The van der Waals surface area contributed by atoms with Crippen LogP contribution in [0.25, 0.3) is 11.5 Å². The number of anilines is 1. The normalized spacial score (nSPS) is 22.6. The van der Waals surface area contributed by atoms with Crippen LogP contribution in [0.15, 0.2) is 28.7 Å². The Bertz CT molecular complexity index is 569. The third-order valence-corrected chi connectivity index (χ3v) is 4.60. The van der Waals surface area contributed by atoms with E-state index in [0.717, 1.165) is 22.3 Å². The van der Waals surface area contributed by atoms with Gasteiger partial charge in [-0.05, 0) is 18.6 Å². The van der Waals surface area contributed by atoms with Gasteiger partial charge in [0.1, 0.15) is 0 Å². The van der Waals surface area contributed by atoms with E-state index < -0.39 is 0 Å². The number of hydrogen-bond donors (Lipinski definition) is 1. The smallest absolute Gasteiger partial charge is 0.249 e. The van der Waals surface area contributed by atoms with Gasteiger partial charge in [-0.1, -0.05) is 19.1 Å². The van der Waals surface area contributed by atoms with E-state index in [1.54, 1.807) is 0 Å². The van der Waals surface area contributed by atoms with Crippen LogP contribution in [0.3, 0.4) is 0 Å². The molecule has 0 radical (unpaired) electrons. The third kappa shape index (κ3) is 2.76. The van der Waals surface area contributed by atoms with Crippen molar-refractivity contribution in [2.75, 3.05) is 11.1 Å². The van der Waals surface area contributed by atoms with E-state index in [4.69, 9.17) is 4.42 Å². The van der Waals surface area contributed by atoms with Crippen LogP contribution in [0, 0.1) is 6.92 Å². The molecule has 0 spiro atoms. The number of hydrogen-bond acceptors (Lipinski definition) is 5. The summed E-state index contributed by atoms with van der Waals surface area (Å²) in [4.78, 5) is 0. The lowest BCUT2D eigenvalue weighted by Gasteiger charge is -2.15. The Balaban J connectivity index is 1.85. The van der Waals surface area contributed by atoms with Crippen LogP contribution >= 0.6 is 11.8 Å². The van der Waals surface area contributed by atoms with Gasteiger partial charge in [-0.25, -0.2) is 0 Å². The maximum Gasteiger partial charge on any atom is 0.249 e. The average molecular weight is 275 g/mol. The summed E-state index contributed by atoms with van der Waals surface area (Å²) < 4.78 is 5.53. The lowest BCUT2D eigenvalue weighted by molar-refractivity contribution is 0.533. The van der Waals surface area contributed by atoms with Crippen LogP contribution in [0.5, 0.6) is 0 Å². The molecule has 19 heavy (non-hydrogen) atoms. The standard InChI is InChI=1S/C14H17N3OS/c1-9-7-11(8-19-9)15-13-6-4-3-5-12(13)14-17-16-10(2)18-14/h3-6,9,11,15H,7-8H2,1-2H3. The van der Waals surface area contributed by atoms with Crippen molar-refractivity contribution >= 4 is 17.4 Å². The first-order valence-corrected chi connectivity index (χ1v) is 7.55. The lowest BCUT2D eigenvalue weighted by Crippen LogP contribution is -2.19. The Kier molecular flexibility index (Phi) is 3.46. The first-order valence-electron chi connectivity index (χ1n) is 6.50. The largest absolute Gasteiger partial charge is 0.421 e. The predicted octanol–water partition coefficient (Wildman–Crippen LogP) is 3.35. The highest BCUT2D eigenvalue weighted by molar-refractivity contribution is 8.00. The van der Waals surface area contributed by atoms with E-state index in [1.807, 2.05) is 36.9 Å². The van der Waals surface area contributed by atoms with Gasteiger partial charge in [-0.3, -0.25) is 0 Å². The molecule has 2 unspecified atom stereocenters. The molecule has 2 atom stereocenters. The molecule has 4 nitrogen and oxygen atoms in total. The molecule has 2 aromatic rings. The summed E-state index contributed by atoms with van der Waals surface area (Å²) >= 11 is 2.02. The molecule has 3 rings (SSSR count). The Hall–Kier alpha value is -1.49. The van der Waals surface area contributed by atoms with Crippen LogP contribution in [0.1, 0.15) is 19.2 Å². The van der Waals surface area contributed by atoms with Crippen molar-refractivity contribution < 1.29 is 4.42 Å². The number of para-hydroxylation sites is 1. The quantitative estimate of drug-likeness (QED) is 0.931. The molecule has 1 aliphatic rings. The van der Waals surface area contributed by atoms with Gasteiger partial charge < -0.3 is 9.73 Å². The zero-order valence-electron chi connectivity index (χ0n) is 11.1. The van der Waals surface area contributed by atoms with Gasteiger partial charge in [0.25, 0.3) is 0 Å². The molecule has 0 bridgehead atoms. The molecule has 100 valence electrons. The van der Waals surface area contributed by atoms with Gasteiger partial charge in [0.2, 0.25) is 11.8 Å². The number of thioether (sulfide) groups is 1. The molecule has 2 heterocycles. The second-order valence-corrected chi connectivity index (χ2v) is 6.36. The van der Waals surface area contributed by atoms with Gasteiger partial charge in [-0.2, -0.15) is 11.8 Å². The van der Waals surface area contributed by atoms with E-state index >= 15 is 0 Å². The van der Waals surface area contributed by atoms with E-state index in [2.05, 4.69) is 28.5 Å². The molecule has 1 N–H and O–H groups in total. The highest BCUT2D eigenvalue weighted by atomic mass is 32.2. The molecule has 1 saturated heterocycles. The number of nitrogens with one attached hydrogen (secondary N) is 1. The monoisotopic (exact) mass is 275 g/mol. The van der Waals surface area contributed by atoms with Crippen molar-refractivity contribution in [3.05, 3.63) is 30.2 Å².